The van der Waals surface area contributed by atoms with Crippen LogP contribution in [-0.4, -0.2) is 28.7 Å². The monoisotopic (exact) mass is 341 g/mol. The molecule has 4 aromatic rings. The first-order valence-corrected chi connectivity index (χ1v) is 8.86. The van der Waals surface area contributed by atoms with E-state index in [9.17, 15) is 0 Å². The largest absolute Gasteiger partial charge is 0.460 e. The first kappa shape index (κ1) is 15.3. The Hall–Kier alpha value is -2.98. The first-order valence-electron chi connectivity index (χ1n) is 8.86. The molecule has 0 amide bonds. The topological polar surface area (TPSA) is 42.2 Å². The summed E-state index contributed by atoms with van der Waals surface area (Å²) < 4.78 is 6.18. The molecule has 0 bridgehead atoms. The van der Waals surface area contributed by atoms with Gasteiger partial charge in [-0.05, 0) is 48.5 Å². The van der Waals surface area contributed by atoms with E-state index < -0.39 is 0 Å². The van der Waals surface area contributed by atoms with E-state index >= 15 is 0 Å². The van der Waals surface area contributed by atoms with Gasteiger partial charge in [-0.2, -0.15) is 10.2 Å². The molecule has 1 unspecified atom stereocenters. The number of furan rings is 1. The van der Waals surface area contributed by atoms with Gasteiger partial charge >= 0.3 is 0 Å². The molecule has 3 heterocycles. The molecule has 1 aliphatic heterocycles. The van der Waals surface area contributed by atoms with E-state index in [-0.39, 0.29) is 5.92 Å². The fraction of sp³-hybridized carbons (Fsp3) is 0.182. The molecule has 0 aliphatic carbocycles. The number of rotatable bonds is 2. The van der Waals surface area contributed by atoms with Gasteiger partial charge in [-0.15, -0.1) is 0 Å². The third-order valence-electron chi connectivity index (χ3n) is 5.11. The molecule has 0 saturated heterocycles. The summed E-state index contributed by atoms with van der Waals surface area (Å²) in [5, 5.41) is 9.40. The van der Waals surface area contributed by atoms with E-state index in [4.69, 9.17) is 4.42 Å². The van der Waals surface area contributed by atoms with Crippen molar-refractivity contribution in [1.82, 2.24) is 15.1 Å². The van der Waals surface area contributed by atoms with Crippen molar-refractivity contribution in [2.45, 2.75) is 12.5 Å². The molecule has 128 valence electrons. The molecular formula is C22H19N3O. The lowest BCUT2D eigenvalue weighted by Crippen LogP contribution is -2.30. The van der Waals surface area contributed by atoms with Crippen molar-refractivity contribution in [3.05, 3.63) is 83.7 Å². The third-order valence-corrected chi connectivity index (χ3v) is 5.11. The van der Waals surface area contributed by atoms with E-state index in [1.807, 2.05) is 24.3 Å². The van der Waals surface area contributed by atoms with E-state index in [0.717, 1.165) is 41.1 Å². The summed E-state index contributed by atoms with van der Waals surface area (Å²) in [5.74, 6) is 1.28. The van der Waals surface area contributed by atoms with Gasteiger partial charge in [0, 0.05) is 30.2 Å². The maximum absolute atomic E-state index is 6.18. The van der Waals surface area contributed by atoms with Crippen molar-refractivity contribution in [2.24, 2.45) is 0 Å². The summed E-state index contributed by atoms with van der Waals surface area (Å²) in [4.78, 5) is 2.35. The van der Waals surface area contributed by atoms with Gasteiger partial charge in [-0.3, -0.25) is 0 Å². The van der Waals surface area contributed by atoms with E-state index in [2.05, 4.69) is 58.5 Å². The summed E-state index contributed by atoms with van der Waals surface area (Å²) in [6, 6.07) is 20.9. The third kappa shape index (κ3) is 2.59. The smallest absolute Gasteiger partial charge is 0.134 e. The Labute approximate surface area is 152 Å². The lowest BCUT2D eigenvalue weighted by Gasteiger charge is -2.31. The Morgan fingerprint density at radius 3 is 2.81 bits per heavy atom. The molecule has 0 spiro atoms. The van der Waals surface area contributed by atoms with Gasteiger partial charge in [-0.25, -0.2) is 0 Å². The van der Waals surface area contributed by atoms with Crippen LogP contribution in [0.1, 0.15) is 22.8 Å². The fourth-order valence-corrected chi connectivity index (χ4v) is 3.88. The Balaban J connectivity index is 1.59. The second-order valence-corrected chi connectivity index (χ2v) is 6.96. The molecular weight excluding hydrogens is 322 g/mol. The van der Waals surface area contributed by atoms with Crippen molar-refractivity contribution in [2.75, 3.05) is 13.6 Å². The molecule has 4 heteroatoms. The average Bonchev–Trinajstić information content (AvgIpc) is 3.11. The number of fused-ring (bicyclic) bond motifs is 2. The molecule has 1 aliphatic rings. The number of hydrogen-bond donors (Lipinski definition) is 0. The fourth-order valence-electron chi connectivity index (χ4n) is 3.88. The standard InChI is InChI=1S/C22H19N3O/c1-25-13-17-11-15(20-6-4-10-23-24-20)8-9-18(17)19(14-25)22-12-16-5-2-3-7-21(16)26-22/h2-12,19H,13-14H2,1H3. The van der Waals surface area contributed by atoms with E-state index in [1.165, 1.54) is 11.1 Å². The minimum atomic E-state index is 0.243. The summed E-state index contributed by atoms with van der Waals surface area (Å²) in [6.07, 6.45) is 1.70. The lowest BCUT2D eigenvalue weighted by atomic mass is 9.86. The zero-order valence-corrected chi connectivity index (χ0v) is 14.6. The maximum atomic E-state index is 6.18. The second kappa shape index (κ2) is 6.07. The van der Waals surface area contributed by atoms with E-state index in [0.29, 0.717) is 0 Å². The van der Waals surface area contributed by atoms with Gasteiger partial charge in [-0.1, -0.05) is 30.3 Å². The summed E-state index contributed by atoms with van der Waals surface area (Å²) in [7, 11) is 2.16. The molecule has 0 N–H and O–H groups in total. The highest BCUT2D eigenvalue weighted by atomic mass is 16.3. The van der Waals surface area contributed by atoms with Gasteiger partial charge < -0.3 is 9.32 Å². The average molecular weight is 341 g/mol. The van der Waals surface area contributed by atoms with Gasteiger partial charge in [0.15, 0.2) is 0 Å². The first-order chi connectivity index (χ1) is 12.8. The molecule has 5 rings (SSSR count). The van der Waals surface area contributed by atoms with Crippen LogP contribution in [0.4, 0.5) is 0 Å². The summed E-state index contributed by atoms with van der Waals surface area (Å²) >= 11 is 0. The summed E-state index contributed by atoms with van der Waals surface area (Å²) in [5.41, 5.74) is 5.63. The van der Waals surface area contributed by atoms with Crippen molar-refractivity contribution < 1.29 is 4.42 Å². The van der Waals surface area contributed by atoms with Gasteiger partial charge in [0.2, 0.25) is 0 Å². The van der Waals surface area contributed by atoms with Crippen LogP contribution < -0.4 is 0 Å². The predicted octanol–water partition coefficient (Wildman–Crippen LogP) is 4.47. The highest BCUT2D eigenvalue weighted by Gasteiger charge is 2.27. The molecule has 0 fully saturated rings. The quantitative estimate of drug-likeness (QED) is 0.539. The Bertz CT molecular complexity index is 1040. The maximum Gasteiger partial charge on any atom is 0.134 e. The zero-order chi connectivity index (χ0) is 17.5. The SMILES string of the molecule is CN1Cc2cc(-c3cccnn3)ccc2C(c2cc3ccccc3o2)C1. The predicted molar refractivity (Wildman–Crippen MR) is 102 cm³/mol. The number of nitrogens with zero attached hydrogens (tertiary/aromatic N) is 3. The van der Waals surface area contributed by atoms with Crippen molar-refractivity contribution >= 4 is 11.0 Å². The highest BCUT2D eigenvalue weighted by molar-refractivity contribution is 5.78. The number of aromatic nitrogens is 2. The Kier molecular flexibility index (Phi) is 3.57. The Morgan fingerprint density at radius 1 is 1.04 bits per heavy atom. The van der Waals surface area contributed by atoms with Gasteiger partial charge in [0.1, 0.15) is 11.3 Å². The highest BCUT2D eigenvalue weighted by Crippen LogP contribution is 2.37. The van der Waals surface area contributed by atoms with Gasteiger partial charge in [0.05, 0.1) is 11.6 Å². The molecule has 2 aromatic heterocycles. The molecule has 1 atom stereocenters. The minimum Gasteiger partial charge on any atom is -0.460 e. The van der Waals surface area contributed by atoms with Crippen molar-refractivity contribution in [3.63, 3.8) is 0 Å². The van der Waals surface area contributed by atoms with Crippen LogP contribution in [0.5, 0.6) is 0 Å². The number of benzene rings is 2. The molecule has 2 aromatic carbocycles. The molecule has 26 heavy (non-hydrogen) atoms. The van der Waals surface area contributed by atoms with E-state index in [1.54, 1.807) is 6.20 Å². The zero-order valence-electron chi connectivity index (χ0n) is 14.6. The van der Waals surface area contributed by atoms with Crippen LogP contribution in [0.2, 0.25) is 0 Å². The van der Waals surface area contributed by atoms with Crippen LogP contribution in [0, 0.1) is 0 Å². The number of likely N-dealkylation sites (N-methyl/N-ethyl adjacent to an activating group) is 1. The number of para-hydroxylation sites is 1. The number of hydrogen-bond acceptors (Lipinski definition) is 4. The van der Waals surface area contributed by atoms with Crippen LogP contribution in [0.3, 0.4) is 0 Å². The van der Waals surface area contributed by atoms with Crippen LogP contribution in [0.25, 0.3) is 22.2 Å². The van der Waals surface area contributed by atoms with Crippen LogP contribution >= 0.6 is 0 Å². The second-order valence-electron chi connectivity index (χ2n) is 6.96. The summed E-state index contributed by atoms with van der Waals surface area (Å²) in [6.45, 7) is 1.89. The molecule has 0 saturated carbocycles. The molecule has 4 nitrogen and oxygen atoms in total. The minimum absolute atomic E-state index is 0.243. The normalized spacial score (nSPS) is 17.3. The van der Waals surface area contributed by atoms with Crippen molar-refractivity contribution in [1.29, 1.82) is 0 Å². The van der Waals surface area contributed by atoms with Crippen LogP contribution in [0.15, 0.2) is 71.3 Å². The van der Waals surface area contributed by atoms with Crippen molar-refractivity contribution in [3.8, 4) is 11.3 Å². The molecule has 0 radical (unpaired) electrons. The van der Waals surface area contributed by atoms with Crippen LogP contribution in [-0.2, 0) is 6.54 Å². The Morgan fingerprint density at radius 2 is 1.96 bits per heavy atom. The van der Waals surface area contributed by atoms with Gasteiger partial charge in [0.25, 0.3) is 0 Å². The lowest BCUT2D eigenvalue weighted by molar-refractivity contribution is 0.282.